The number of imidazole rings is 1. The van der Waals surface area contributed by atoms with E-state index in [1.807, 2.05) is 24.5 Å². The maximum atomic E-state index is 5.48. The van der Waals surface area contributed by atoms with Crippen molar-refractivity contribution >= 4 is 21.4 Å². The summed E-state index contributed by atoms with van der Waals surface area (Å²) in [5.41, 5.74) is 6.59. The second-order valence-corrected chi connectivity index (χ2v) is 3.77. The lowest BCUT2D eigenvalue weighted by Crippen LogP contribution is -2.06. The predicted molar refractivity (Wildman–Crippen MR) is 55.7 cm³/mol. The summed E-state index contributed by atoms with van der Waals surface area (Å²) in [4.78, 5) is 4.29. The Hall–Kier alpha value is -0.870. The van der Waals surface area contributed by atoms with Crippen LogP contribution in [0.2, 0.25) is 0 Å². The molecule has 0 aromatic carbocycles. The number of pyridine rings is 1. The summed E-state index contributed by atoms with van der Waals surface area (Å²) in [6, 6.07) is 4.03. The van der Waals surface area contributed by atoms with Crippen molar-refractivity contribution in [1.82, 2.24) is 9.38 Å². The molecule has 0 aliphatic heterocycles. The van der Waals surface area contributed by atoms with Gasteiger partial charge in [0.25, 0.3) is 0 Å². The van der Waals surface area contributed by atoms with Crippen LogP contribution in [0.1, 0.15) is 5.82 Å². The van der Waals surface area contributed by atoms with E-state index in [2.05, 4.69) is 25.3 Å². The van der Waals surface area contributed by atoms with Gasteiger partial charge in [-0.15, -0.1) is 0 Å². The third kappa shape index (κ3) is 1.59. The number of rotatable bonds is 2. The zero-order valence-electron chi connectivity index (χ0n) is 7.07. The van der Waals surface area contributed by atoms with E-state index in [0.717, 1.165) is 22.2 Å². The number of nitrogens with zero attached hydrogens (tertiary/aromatic N) is 2. The molecule has 3 nitrogen and oxygen atoms in total. The van der Waals surface area contributed by atoms with E-state index in [0.29, 0.717) is 6.54 Å². The minimum Gasteiger partial charge on any atom is -0.330 e. The molecule has 0 atom stereocenters. The van der Waals surface area contributed by atoms with Gasteiger partial charge in [0.1, 0.15) is 5.82 Å². The normalized spacial score (nSPS) is 10.9. The first-order valence-corrected chi connectivity index (χ1v) is 4.92. The monoisotopic (exact) mass is 239 g/mol. The van der Waals surface area contributed by atoms with Crippen molar-refractivity contribution in [2.45, 2.75) is 6.42 Å². The van der Waals surface area contributed by atoms with E-state index in [1.165, 1.54) is 0 Å². The molecule has 2 N–H and O–H groups in total. The van der Waals surface area contributed by atoms with Crippen LogP contribution in [-0.2, 0) is 6.42 Å². The van der Waals surface area contributed by atoms with E-state index < -0.39 is 0 Å². The Morgan fingerprint density at radius 3 is 3.08 bits per heavy atom. The minimum atomic E-state index is 0.631. The lowest BCUT2D eigenvalue weighted by atomic mass is 10.4. The number of hydrogen-bond acceptors (Lipinski definition) is 2. The van der Waals surface area contributed by atoms with Crippen molar-refractivity contribution < 1.29 is 0 Å². The smallest absolute Gasteiger partial charge is 0.114 e. The van der Waals surface area contributed by atoms with Gasteiger partial charge in [0.2, 0.25) is 0 Å². The number of fused-ring (bicyclic) bond motifs is 1. The van der Waals surface area contributed by atoms with Gasteiger partial charge >= 0.3 is 0 Å². The fraction of sp³-hybridized carbons (Fsp3) is 0.222. The van der Waals surface area contributed by atoms with Crippen LogP contribution < -0.4 is 5.73 Å². The van der Waals surface area contributed by atoms with Gasteiger partial charge in [-0.05, 0) is 34.6 Å². The van der Waals surface area contributed by atoms with Crippen LogP contribution in [0.4, 0.5) is 0 Å². The van der Waals surface area contributed by atoms with Crippen LogP contribution in [0.3, 0.4) is 0 Å². The highest BCUT2D eigenvalue weighted by Gasteiger charge is 2.01. The second kappa shape index (κ2) is 3.47. The van der Waals surface area contributed by atoms with Crippen molar-refractivity contribution in [3.63, 3.8) is 0 Å². The molecule has 0 saturated heterocycles. The summed E-state index contributed by atoms with van der Waals surface area (Å²) >= 11 is 3.42. The Balaban J connectivity index is 2.58. The van der Waals surface area contributed by atoms with Crippen LogP contribution in [0.15, 0.2) is 29.0 Å². The van der Waals surface area contributed by atoms with Gasteiger partial charge < -0.3 is 10.1 Å². The molecule has 2 aromatic heterocycles. The van der Waals surface area contributed by atoms with Gasteiger partial charge in [0, 0.05) is 17.1 Å². The summed E-state index contributed by atoms with van der Waals surface area (Å²) in [7, 11) is 0. The molecule has 68 valence electrons. The Kier molecular flexibility index (Phi) is 2.33. The van der Waals surface area contributed by atoms with Crippen molar-refractivity contribution in [3.05, 3.63) is 34.8 Å². The van der Waals surface area contributed by atoms with E-state index in [9.17, 15) is 0 Å². The summed E-state index contributed by atoms with van der Waals surface area (Å²) < 4.78 is 3.10. The molecule has 0 aliphatic rings. The zero-order chi connectivity index (χ0) is 9.26. The second-order valence-electron chi connectivity index (χ2n) is 2.86. The number of halogens is 1. The molecular formula is C9H10BrN3. The molecule has 2 aromatic rings. The van der Waals surface area contributed by atoms with Crippen molar-refractivity contribution in [1.29, 1.82) is 0 Å². The van der Waals surface area contributed by atoms with Gasteiger partial charge in [-0.3, -0.25) is 0 Å². The first-order valence-electron chi connectivity index (χ1n) is 4.13. The third-order valence-electron chi connectivity index (χ3n) is 1.94. The first-order chi connectivity index (χ1) is 6.31. The molecule has 0 unspecified atom stereocenters. The molecule has 0 bridgehead atoms. The van der Waals surface area contributed by atoms with E-state index in [-0.39, 0.29) is 0 Å². The van der Waals surface area contributed by atoms with Crippen molar-refractivity contribution in [2.75, 3.05) is 6.54 Å². The maximum Gasteiger partial charge on any atom is 0.114 e. The average molecular weight is 240 g/mol. The number of aromatic nitrogens is 2. The molecule has 0 saturated carbocycles. The Morgan fingerprint density at radius 1 is 1.46 bits per heavy atom. The maximum absolute atomic E-state index is 5.48. The minimum absolute atomic E-state index is 0.631. The van der Waals surface area contributed by atoms with E-state index >= 15 is 0 Å². The first kappa shape index (κ1) is 8.72. The van der Waals surface area contributed by atoms with Gasteiger partial charge in [0.15, 0.2) is 0 Å². The molecule has 2 rings (SSSR count). The Bertz CT molecular complexity index is 422. The molecule has 0 spiro atoms. The molecule has 2 heterocycles. The molecule has 0 aliphatic carbocycles. The molecular weight excluding hydrogens is 230 g/mol. The average Bonchev–Trinajstić information content (AvgIpc) is 2.49. The Labute approximate surface area is 84.7 Å². The zero-order valence-corrected chi connectivity index (χ0v) is 8.66. The van der Waals surface area contributed by atoms with Crippen LogP contribution in [0, 0.1) is 0 Å². The lowest BCUT2D eigenvalue weighted by molar-refractivity contribution is 0.862. The fourth-order valence-corrected chi connectivity index (χ4v) is 1.67. The lowest BCUT2D eigenvalue weighted by Gasteiger charge is -1.99. The highest BCUT2D eigenvalue weighted by Crippen LogP contribution is 2.13. The van der Waals surface area contributed by atoms with Crippen LogP contribution in [0.25, 0.3) is 5.52 Å². The van der Waals surface area contributed by atoms with Crippen molar-refractivity contribution in [3.8, 4) is 0 Å². The summed E-state index contributed by atoms with van der Waals surface area (Å²) in [5, 5.41) is 0. The van der Waals surface area contributed by atoms with Crippen molar-refractivity contribution in [2.24, 2.45) is 5.73 Å². The third-order valence-corrected chi connectivity index (χ3v) is 2.40. The molecule has 0 fully saturated rings. The molecule has 4 heteroatoms. The summed E-state index contributed by atoms with van der Waals surface area (Å²) in [6.45, 7) is 0.631. The number of hydrogen-bond donors (Lipinski definition) is 1. The van der Waals surface area contributed by atoms with Gasteiger partial charge in [0.05, 0.1) is 11.7 Å². The van der Waals surface area contributed by atoms with Gasteiger partial charge in [-0.2, -0.15) is 0 Å². The Morgan fingerprint density at radius 2 is 2.31 bits per heavy atom. The quantitative estimate of drug-likeness (QED) is 0.866. The van der Waals surface area contributed by atoms with Crippen LogP contribution in [0.5, 0.6) is 0 Å². The topological polar surface area (TPSA) is 43.3 Å². The van der Waals surface area contributed by atoms with Gasteiger partial charge in [-0.25, -0.2) is 4.98 Å². The molecule has 0 amide bonds. The SMILES string of the molecule is NCCc1ncc2ccc(Br)cn12. The summed E-state index contributed by atoms with van der Waals surface area (Å²) in [5.74, 6) is 1.01. The summed E-state index contributed by atoms with van der Waals surface area (Å²) in [6.07, 6.45) is 4.68. The largest absolute Gasteiger partial charge is 0.330 e. The molecule has 13 heavy (non-hydrogen) atoms. The molecule has 0 radical (unpaired) electrons. The standard InChI is InChI=1S/C9H10BrN3/c10-7-1-2-8-5-12-9(3-4-11)13(8)6-7/h1-2,5-6H,3-4,11H2. The van der Waals surface area contributed by atoms with E-state index in [4.69, 9.17) is 5.73 Å². The predicted octanol–water partition coefficient (Wildman–Crippen LogP) is 1.60. The van der Waals surface area contributed by atoms with Crippen LogP contribution >= 0.6 is 15.9 Å². The fourth-order valence-electron chi connectivity index (χ4n) is 1.33. The number of nitrogens with two attached hydrogens (primary N) is 1. The highest BCUT2D eigenvalue weighted by molar-refractivity contribution is 9.10. The van der Waals surface area contributed by atoms with E-state index in [1.54, 1.807) is 0 Å². The van der Waals surface area contributed by atoms with Gasteiger partial charge in [-0.1, -0.05) is 0 Å². The highest BCUT2D eigenvalue weighted by atomic mass is 79.9. The van der Waals surface area contributed by atoms with Crippen LogP contribution in [-0.4, -0.2) is 15.9 Å².